The smallest absolute Gasteiger partial charge is 0.290 e. The lowest BCUT2D eigenvalue weighted by atomic mass is 10.2. The molecule has 0 aromatic carbocycles. The summed E-state index contributed by atoms with van der Waals surface area (Å²) in [7, 11) is 1.56. The fourth-order valence-electron chi connectivity index (χ4n) is 0.943. The van der Waals surface area contributed by atoms with Crippen LogP contribution < -0.4 is 0 Å². The van der Waals surface area contributed by atoms with Crippen molar-refractivity contribution in [2.75, 3.05) is 13.6 Å². The van der Waals surface area contributed by atoms with E-state index in [1.165, 1.54) is 11.2 Å². The second kappa shape index (κ2) is 3.76. The first kappa shape index (κ1) is 9.33. The van der Waals surface area contributed by atoms with Crippen LogP contribution in [0.2, 0.25) is 0 Å². The number of aryl methyl sites for hydroxylation is 1. The van der Waals surface area contributed by atoms with Gasteiger partial charge in [0.1, 0.15) is 6.54 Å². The van der Waals surface area contributed by atoms with Gasteiger partial charge in [-0.3, -0.25) is 4.79 Å². The highest BCUT2D eigenvalue weighted by Gasteiger charge is 2.16. The van der Waals surface area contributed by atoms with Crippen molar-refractivity contribution in [3.05, 3.63) is 23.7 Å². The zero-order chi connectivity index (χ0) is 9.84. The molecular formula is C9H10N2O2. The average molecular weight is 178 g/mol. The van der Waals surface area contributed by atoms with Crippen LogP contribution in [0.4, 0.5) is 0 Å². The van der Waals surface area contributed by atoms with E-state index in [4.69, 9.17) is 9.68 Å². The summed E-state index contributed by atoms with van der Waals surface area (Å²) in [6.45, 7) is 1.86. The maximum Gasteiger partial charge on any atom is 0.290 e. The molecule has 1 amide bonds. The average Bonchev–Trinajstić information content (AvgIpc) is 2.50. The Bertz CT molecular complexity index is 349. The van der Waals surface area contributed by atoms with Gasteiger partial charge in [0.2, 0.25) is 0 Å². The molecule has 0 bridgehead atoms. The van der Waals surface area contributed by atoms with Gasteiger partial charge in [-0.2, -0.15) is 5.26 Å². The van der Waals surface area contributed by atoms with Crippen molar-refractivity contribution in [3.8, 4) is 6.07 Å². The Labute approximate surface area is 76.4 Å². The molecule has 0 spiro atoms. The van der Waals surface area contributed by atoms with Gasteiger partial charge in [-0.1, -0.05) is 0 Å². The minimum Gasteiger partial charge on any atom is -0.459 e. The second-order valence-electron chi connectivity index (χ2n) is 2.75. The molecule has 0 radical (unpaired) electrons. The summed E-state index contributed by atoms with van der Waals surface area (Å²) in [6.07, 6.45) is 1.46. The van der Waals surface area contributed by atoms with E-state index in [1.54, 1.807) is 20.0 Å². The van der Waals surface area contributed by atoms with Crippen molar-refractivity contribution < 1.29 is 9.21 Å². The van der Waals surface area contributed by atoms with E-state index in [2.05, 4.69) is 0 Å². The lowest BCUT2D eigenvalue weighted by molar-refractivity contribution is 0.0780. The first-order chi connectivity index (χ1) is 6.16. The van der Waals surface area contributed by atoms with Gasteiger partial charge in [-0.15, -0.1) is 0 Å². The van der Waals surface area contributed by atoms with Gasteiger partial charge in [0, 0.05) is 12.6 Å². The van der Waals surface area contributed by atoms with Crippen molar-refractivity contribution in [2.45, 2.75) is 6.92 Å². The molecule has 0 saturated heterocycles. The molecule has 0 unspecified atom stereocenters. The molecule has 0 atom stereocenters. The molecule has 1 heterocycles. The third-order valence-corrected chi connectivity index (χ3v) is 1.71. The molecule has 68 valence electrons. The predicted octanol–water partition coefficient (Wildman–Crippen LogP) is 1.18. The zero-order valence-electron chi connectivity index (χ0n) is 7.57. The fourth-order valence-corrected chi connectivity index (χ4v) is 0.943. The van der Waals surface area contributed by atoms with E-state index >= 15 is 0 Å². The third-order valence-electron chi connectivity index (χ3n) is 1.71. The van der Waals surface area contributed by atoms with E-state index < -0.39 is 0 Å². The second-order valence-corrected chi connectivity index (χ2v) is 2.75. The molecule has 0 fully saturated rings. The third kappa shape index (κ3) is 1.88. The summed E-state index contributed by atoms with van der Waals surface area (Å²) in [5.74, 6) is 0.0433. The summed E-state index contributed by atoms with van der Waals surface area (Å²) in [5.41, 5.74) is 0.787. The van der Waals surface area contributed by atoms with Gasteiger partial charge in [-0.25, -0.2) is 0 Å². The molecule has 1 rings (SSSR count). The van der Waals surface area contributed by atoms with Crippen LogP contribution in [0.15, 0.2) is 16.7 Å². The summed E-state index contributed by atoms with van der Waals surface area (Å²) in [5, 5.41) is 8.38. The van der Waals surface area contributed by atoms with Crippen LogP contribution >= 0.6 is 0 Å². The van der Waals surface area contributed by atoms with Gasteiger partial charge >= 0.3 is 0 Å². The van der Waals surface area contributed by atoms with Crippen molar-refractivity contribution in [3.63, 3.8) is 0 Å². The Hall–Kier alpha value is -1.76. The highest BCUT2D eigenvalue weighted by molar-refractivity contribution is 5.92. The number of carbonyl (C=O) groups excluding carboxylic acids is 1. The standard InChI is InChI=1S/C9H10N2O2/c1-7-3-6-13-8(7)9(12)11(2)5-4-10/h3,6H,5H2,1-2H3. The van der Waals surface area contributed by atoms with Crippen molar-refractivity contribution in [2.24, 2.45) is 0 Å². The topological polar surface area (TPSA) is 57.2 Å². The van der Waals surface area contributed by atoms with Crippen LogP contribution in [0, 0.1) is 18.3 Å². The van der Waals surface area contributed by atoms with Gasteiger partial charge in [0.15, 0.2) is 5.76 Å². The SMILES string of the molecule is Cc1ccoc1C(=O)N(C)CC#N. The van der Waals surface area contributed by atoms with Gasteiger partial charge < -0.3 is 9.32 Å². The lowest BCUT2D eigenvalue weighted by Crippen LogP contribution is -2.27. The van der Waals surface area contributed by atoms with Crippen LogP contribution in [0.3, 0.4) is 0 Å². The largest absolute Gasteiger partial charge is 0.459 e. The highest BCUT2D eigenvalue weighted by atomic mass is 16.3. The minimum atomic E-state index is -0.260. The number of amides is 1. The molecule has 0 aliphatic rings. The molecular weight excluding hydrogens is 168 g/mol. The van der Waals surface area contributed by atoms with Crippen LogP contribution in [-0.2, 0) is 0 Å². The van der Waals surface area contributed by atoms with E-state index in [-0.39, 0.29) is 12.5 Å². The zero-order valence-corrected chi connectivity index (χ0v) is 7.57. The Balaban J connectivity index is 2.81. The molecule has 4 heteroatoms. The first-order valence-corrected chi connectivity index (χ1v) is 3.83. The summed E-state index contributed by atoms with van der Waals surface area (Å²) >= 11 is 0. The fraction of sp³-hybridized carbons (Fsp3) is 0.333. The Morgan fingerprint density at radius 2 is 2.46 bits per heavy atom. The van der Waals surface area contributed by atoms with E-state index in [0.29, 0.717) is 5.76 Å². The summed E-state index contributed by atoms with van der Waals surface area (Å²) < 4.78 is 4.99. The van der Waals surface area contributed by atoms with Gasteiger partial charge in [0.05, 0.1) is 12.3 Å². The van der Waals surface area contributed by atoms with E-state index in [9.17, 15) is 4.79 Å². The monoisotopic (exact) mass is 178 g/mol. The van der Waals surface area contributed by atoms with Crippen molar-refractivity contribution >= 4 is 5.91 Å². The number of carbonyl (C=O) groups is 1. The lowest BCUT2D eigenvalue weighted by Gasteiger charge is -2.10. The van der Waals surface area contributed by atoms with Gasteiger partial charge in [0.25, 0.3) is 5.91 Å². The Morgan fingerprint density at radius 3 is 2.92 bits per heavy atom. The highest BCUT2D eigenvalue weighted by Crippen LogP contribution is 2.10. The number of hydrogen-bond acceptors (Lipinski definition) is 3. The molecule has 1 aromatic heterocycles. The van der Waals surface area contributed by atoms with Crippen LogP contribution in [-0.4, -0.2) is 24.4 Å². The normalized spacial score (nSPS) is 9.31. The summed E-state index contributed by atoms with van der Waals surface area (Å²) in [6, 6.07) is 3.61. The van der Waals surface area contributed by atoms with E-state index in [0.717, 1.165) is 5.56 Å². The maximum absolute atomic E-state index is 11.5. The molecule has 1 aromatic rings. The van der Waals surface area contributed by atoms with Crippen LogP contribution in [0.25, 0.3) is 0 Å². The molecule has 0 N–H and O–H groups in total. The van der Waals surface area contributed by atoms with Crippen LogP contribution in [0.1, 0.15) is 16.1 Å². The molecule has 0 aliphatic heterocycles. The van der Waals surface area contributed by atoms with Crippen molar-refractivity contribution in [1.29, 1.82) is 5.26 Å². The van der Waals surface area contributed by atoms with Crippen LogP contribution in [0.5, 0.6) is 0 Å². The Kier molecular flexibility index (Phi) is 2.70. The molecule has 0 saturated carbocycles. The molecule has 4 nitrogen and oxygen atoms in total. The van der Waals surface area contributed by atoms with E-state index in [1.807, 2.05) is 6.07 Å². The predicted molar refractivity (Wildman–Crippen MR) is 46.0 cm³/mol. The van der Waals surface area contributed by atoms with Crippen molar-refractivity contribution in [1.82, 2.24) is 4.90 Å². The Morgan fingerprint density at radius 1 is 1.77 bits per heavy atom. The molecule has 0 aliphatic carbocycles. The van der Waals surface area contributed by atoms with Gasteiger partial charge in [-0.05, 0) is 13.0 Å². The maximum atomic E-state index is 11.5. The number of furan rings is 1. The number of hydrogen-bond donors (Lipinski definition) is 0. The number of nitrogens with zero attached hydrogens (tertiary/aromatic N) is 2. The molecule has 13 heavy (non-hydrogen) atoms. The minimum absolute atomic E-state index is 0.0684. The quantitative estimate of drug-likeness (QED) is 0.639. The summed E-state index contributed by atoms with van der Waals surface area (Å²) in [4.78, 5) is 12.8. The number of rotatable bonds is 2. The first-order valence-electron chi connectivity index (χ1n) is 3.83. The number of nitriles is 1.